The van der Waals surface area contributed by atoms with Crippen LogP contribution in [0.3, 0.4) is 0 Å². The van der Waals surface area contributed by atoms with Crippen LogP contribution < -0.4 is 4.90 Å². The van der Waals surface area contributed by atoms with Crippen molar-refractivity contribution < 1.29 is 0 Å². The summed E-state index contributed by atoms with van der Waals surface area (Å²) < 4.78 is 0. The first-order chi connectivity index (χ1) is 8.24. The minimum absolute atomic E-state index is 0.343. The van der Waals surface area contributed by atoms with Gasteiger partial charge in [0.25, 0.3) is 0 Å². The maximum Gasteiger partial charge on any atom is 0.225 e. The van der Waals surface area contributed by atoms with E-state index in [2.05, 4.69) is 28.0 Å². The van der Waals surface area contributed by atoms with Crippen LogP contribution in [0.15, 0.2) is 11.4 Å². The highest BCUT2D eigenvalue weighted by Crippen LogP contribution is 2.32. The van der Waals surface area contributed by atoms with E-state index < -0.39 is 0 Å². The van der Waals surface area contributed by atoms with Crippen molar-refractivity contribution in [3.63, 3.8) is 0 Å². The molecule has 0 aromatic carbocycles. The van der Waals surface area contributed by atoms with E-state index in [-0.39, 0.29) is 0 Å². The Morgan fingerprint density at radius 1 is 1.47 bits per heavy atom. The highest BCUT2D eigenvalue weighted by atomic mass is 35.5. The molecule has 1 saturated carbocycles. The fourth-order valence-electron chi connectivity index (χ4n) is 2.25. The first-order valence-corrected chi connectivity index (χ1v) is 7.11. The lowest BCUT2D eigenvalue weighted by Gasteiger charge is -2.30. The quantitative estimate of drug-likeness (QED) is 0.796. The normalized spacial score (nSPS) is 16.1. The summed E-state index contributed by atoms with van der Waals surface area (Å²) in [5.74, 6) is 1.79. The average Bonchev–Trinajstić information content (AvgIpc) is 2.69. The van der Waals surface area contributed by atoms with Gasteiger partial charge in [-0.2, -0.15) is 4.98 Å². The number of hydrogen-bond donors (Lipinski definition) is 0. The highest BCUT2D eigenvalue weighted by Gasteiger charge is 2.21. The number of fused-ring (bicyclic) bond motifs is 1. The minimum atomic E-state index is 0.343. The molecule has 2 aromatic rings. The monoisotopic (exact) mass is 267 g/mol. The molecule has 0 bridgehead atoms. The van der Waals surface area contributed by atoms with E-state index in [1.54, 1.807) is 11.3 Å². The molecule has 3 nitrogen and oxygen atoms in total. The predicted molar refractivity (Wildman–Crippen MR) is 73.0 cm³/mol. The van der Waals surface area contributed by atoms with Gasteiger partial charge in [-0.05, 0) is 41.8 Å². The Labute approximate surface area is 109 Å². The van der Waals surface area contributed by atoms with E-state index in [0.717, 1.165) is 28.5 Å². The summed E-state index contributed by atoms with van der Waals surface area (Å²) >= 11 is 7.58. The lowest BCUT2D eigenvalue weighted by molar-refractivity contribution is 0.321. The Kier molecular flexibility index (Phi) is 2.92. The number of anilines is 1. The third kappa shape index (κ3) is 2.11. The van der Waals surface area contributed by atoms with Gasteiger partial charge in [0.15, 0.2) is 0 Å². The van der Waals surface area contributed by atoms with Crippen molar-refractivity contribution in [2.24, 2.45) is 5.92 Å². The number of halogens is 1. The molecule has 1 aliphatic rings. The summed E-state index contributed by atoms with van der Waals surface area (Å²) in [5.41, 5.74) is 0. The summed E-state index contributed by atoms with van der Waals surface area (Å²) in [6, 6.07) is 2.07. The molecule has 1 aliphatic carbocycles. The van der Waals surface area contributed by atoms with Crippen LogP contribution in [0.25, 0.3) is 10.2 Å². The molecule has 5 heteroatoms. The van der Waals surface area contributed by atoms with E-state index in [9.17, 15) is 0 Å². The van der Waals surface area contributed by atoms with Gasteiger partial charge in [0.1, 0.15) is 10.6 Å². The zero-order chi connectivity index (χ0) is 11.8. The minimum Gasteiger partial charge on any atom is -0.359 e. The van der Waals surface area contributed by atoms with Gasteiger partial charge in [-0.3, -0.25) is 0 Å². The Hall–Kier alpha value is -0.870. The van der Waals surface area contributed by atoms with E-state index in [1.807, 2.05) is 5.38 Å². The van der Waals surface area contributed by atoms with Crippen molar-refractivity contribution in [2.75, 3.05) is 18.5 Å². The van der Waals surface area contributed by atoms with Crippen LogP contribution in [-0.2, 0) is 0 Å². The molecule has 2 heterocycles. The fraction of sp³-hybridized carbons (Fsp3) is 0.500. The molecule has 3 rings (SSSR count). The largest absolute Gasteiger partial charge is 0.359 e. The molecule has 0 spiro atoms. The Balaban J connectivity index is 1.94. The second kappa shape index (κ2) is 4.42. The van der Waals surface area contributed by atoms with Crippen LogP contribution in [-0.4, -0.2) is 23.6 Å². The van der Waals surface area contributed by atoms with Crippen molar-refractivity contribution in [3.05, 3.63) is 16.7 Å². The van der Waals surface area contributed by atoms with Gasteiger partial charge >= 0.3 is 0 Å². The van der Waals surface area contributed by atoms with Gasteiger partial charge in [-0.25, -0.2) is 4.98 Å². The van der Waals surface area contributed by atoms with Crippen LogP contribution in [0.4, 0.5) is 5.82 Å². The Bertz CT molecular complexity index is 536. The van der Waals surface area contributed by atoms with Crippen LogP contribution in [0.5, 0.6) is 0 Å². The van der Waals surface area contributed by atoms with Crippen molar-refractivity contribution in [2.45, 2.75) is 19.3 Å². The maximum absolute atomic E-state index is 5.97. The molecule has 90 valence electrons. The van der Waals surface area contributed by atoms with E-state index in [0.29, 0.717) is 5.28 Å². The molecule has 1 fully saturated rings. The highest BCUT2D eigenvalue weighted by molar-refractivity contribution is 7.16. The van der Waals surface area contributed by atoms with Gasteiger partial charge in [0.2, 0.25) is 5.28 Å². The summed E-state index contributed by atoms with van der Waals surface area (Å²) in [5, 5.41) is 3.49. The molecule has 0 amide bonds. The molecular formula is C12H14ClN3S. The number of rotatable bonds is 3. The van der Waals surface area contributed by atoms with Crippen molar-refractivity contribution >= 4 is 39.0 Å². The first kappa shape index (κ1) is 11.2. The number of aromatic nitrogens is 2. The van der Waals surface area contributed by atoms with Gasteiger partial charge < -0.3 is 4.90 Å². The molecule has 0 aliphatic heterocycles. The summed E-state index contributed by atoms with van der Waals surface area (Å²) in [4.78, 5) is 11.8. The molecule has 0 N–H and O–H groups in total. The SMILES string of the molecule is CN(CC1CCC1)c1nc(Cl)nc2sccc12. The predicted octanol–water partition coefficient (Wildman–Crippen LogP) is 3.58. The second-order valence-electron chi connectivity index (χ2n) is 4.63. The maximum atomic E-state index is 5.97. The number of hydrogen-bond acceptors (Lipinski definition) is 4. The second-order valence-corrected chi connectivity index (χ2v) is 5.87. The fourth-order valence-corrected chi connectivity index (χ4v) is 3.23. The standard InChI is InChI=1S/C12H14ClN3S/c1-16(7-8-3-2-4-8)10-9-5-6-17-11(9)15-12(13)14-10/h5-6,8H,2-4,7H2,1H3. The van der Waals surface area contributed by atoms with E-state index >= 15 is 0 Å². The third-order valence-corrected chi connectivity index (χ3v) is 4.37. The molecule has 17 heavy (non-hydrogen) atoms. The third-order valence-electron chi connectivity index (χ3n) is 3.40. The van der Waals surface area contributed by atoms with Crippen molar-refractivity contribution in [1.82, 2.24) is 9.97 Å². The number of thiophene rings is 1. The molecule has 0 unspecified atom stereocenters. The van der Waals surface area contributed by atoms with Crippen molar-refractivity contribution in [3.8, 4) is 0 Å². The van der Waals surface area contributed by atoms with Crippen LogP contribution in [0.2, 0.25) is 5.28 Å². The molecule has 0 radical (unpaired) electrons. The smallest absolute Gasteiger partial charge is 0.225 e. The molecule has 0 atom stereocenters. The Morgan fingerprint density at radius 3 is 3.00 bits per heavy atom. The van der Waals surface area contributed by atoms with Gasteiger partial charge in [-0.1, -0.05) is 6.42 Å². The number of nitrogens with zero attached hydrogens (tertiary/aromatic N) is 3. The lowest BCUT2D eigenvalue weighted by atomic mass is 9.85. The van der Waals surface area contributed by atoms with Gasteiger partial charge in [0.05, 0.1) is 5.39 Å². The molecule has 2 aromatic heterocycles. The van der Waals surface area contributed by atoms with Crippen LogP contribution in [0.1, 0.15) is 19.3 Å². The van der Waals surface area contributed by atoms with Gasteiger partial charge in [0, 0.05) is 13.6 Å². The zero-order valence-electron chi connectivity index (χ0n) is 9.69. The topological polar surface area (TPSA) is 29.0 Å². The van der Waals surface area contributed by atoms with E-state index in [1.165, 1.54) is 19.3 Å². The molecule has 0 saturated heterocycles. The summed E-state index contributed by atoms with van der Waals surface area (Å²) in [6.45, 7) is 1.07. The Morgan fingerprint density at radius 2 is 2.29 bits per heavy atom. The summed E-state index contributed by atoms with van der Waals surface area (Å²) in [7, 11) is 2.09. The van der Waals surface area contributed by atoms with Crippen LogP contribution in [0, 0.1) is 5.92 Å². The van der Waals surface area contributed by atoms with E-state index in [4.69, 9.17) is 11.6 Å². The zero-order valence-corrected chi connectivity index (χ0v) is 11.3. The average molecular weight is 268 g/mol. The molecular weight excluding hydrogens is 254 g/mol. The first-order valence-electron chi connectivity index (χ1n) is 5.86. The van der Waals surface area contributed by atoms with Crippen molar-refractivity contribution in [1.29, 1.82) is 0 Å². The summed E-state index contributed by atoms with van der Waals surface area (Å²) in [6.07, 6.45) is 4.06. The van der Waals surface area contributed by atoms with Gasteiger partial charge in [-0.15, -0.1) is 11.3 Å². The van der Waals surface area contributed by atoms with Crippen LogP contribution >= 0.6 is 22.9 Å². The lowest BCUT2D eigenvalue weighted by Crippen LogP contribution is -2.30.